The molecule has 142 valence electrons. The number of amides is 1. The molecule has 1 aromatic rings. The topological polar surface area (TPSA) is 80.5 Å². The number of carbonyl (C=O) groups is 1. The summed E-state index contributed by atoms with van der Waals surface area (Å²) in [6, 6.07) is 10.1. The third kappa shape index (κ3) is 6.28. The molecular formula is C18H29ClN2O3S. The highest BCUT2D eigenvalue weighted by atomic mass is 35.5. The zero-order chi connectivity index (χ0) is 17.7. The van der Waals surface area contributed by atoms with Crippen molar-refractivity contribution < 1.29 is 13.2 Å². The lowest BCUT2D eigenvalue weighted by molar-refractivity contribution is -0.129. The number of hydrogen-bond acceptors (Lipinski definition) is 4. The fourth-order valence-electron chi connectivity index (χ4n) is 3.38. The quantitative estimate of drug-likeness (QED) is 0.775. The number of nitrogens with zero attached hydrogens (tertiary/aromatic N) is 1. The van der Waals surface area contributed by atoms with Gasteiger partial charge in [0.25, 0.3) is 0 Å². The second kappa shape index (κ2) is 9.55. The summed E-state index contributed by atoms with van der Waals surface area (Å²) in [5, 5.41) is 0. The van der Waals surface area contributed by atoms with Gasteiger partial charge in [0, 0.05) is 25.4 Å². The summed E-state index contributed by atoms with van der Waals surface area (Å²) in [5.41, 5.74) is 7.08. The summed E-state index contributed by atoms with van der Waals surface area (Å²) in [7, 11) is -3.16. The second-order valence-electron chi connectivity index (χ2n) is 7.07. The Hall–Kier alpha value is -1.11. The van der Waals surface area contributed by atoms with Crippen LogP contribution in [-0.4, -0.2) is 50.4 Å². The molecule has 1 amide bonds. The molecule has 5 nitrogen and oxygen atoms in total. The summed E-state index contributed by atoms with van der Waals surface area (Å²) in [6.07, 6.45) is 0.0633. The number of hydrogen-bond donors (Lipinski definition) is 1. The first kappa shape index (κ1) is 21.9. The van der Waals surface area contributed by atoms with Crippen LogP contribution < -0.4 is 5.73 Å². The molecule has 1 aliphatic heterocycles. The van der Waals surface area contributed by atoms with Crippen LogP contribution in [0.5, 0.6) is 0 Å². The van der Waals surface area contributed by atoms with E-state index >= 15 is 0 Å². The predicted octanol–water partition coefficient (Wildman–Crippen LogP) is 2.07. The third-order valence-corrected chi connectivity index (χ3v) is 6.54. The monoisotopic (exact) mass is 388 g/mol. The van der Waals surface area contributed by atoms with Crippen LogP contribution in [0.4, 0.5) is 0 Å². The Labute approximate surface area is 157 Å². The van der Waals surface area contributed by atoms with Crippen molar-refractivity contribution in [2.45, 2.75) is 26.2 Å². The van der Waals surface area contributed by atoms with Crippen LogP contribution in [0.3, 0.4) is 0 Å². The molecule has 1 fully saturated rings. The first-order valence-electron chi connectivity index (χ1n) is 8.55. The summed E-state index contributed by atoms with van der Waals surface area (Å²) >= 11 is 0. The van der Waals surface area contributed by atoms with Crippen molar-refractivity contribution in [3.05, 3.63) is 35.9 Å². The number of nitrogens with two attached hydrogens (primary N) is 1. The van der Waals surface area contributed by atoms with Crippen molar-refractivity contribution in [2.75, 3.05) is 31.1 Å². The van der Waals surface area contributed by atoms with Crippen molar-refractivity contribution in [3.63, 3.8) is 0 Å². The zero-order valence-corrected chi connectivity index (χ0v) is 16.6. The van der Waals surface area contributed by atoms with E-state index in [-0.39, 0.29) is 54.0 Å². The Bertz CT molecular complexity index is 650. The normalized spacial score (nSPS) is 20.6. The fourth-order valence-corrected chi connectivity index (χ4v) is 5.05. The molecule has 0 aliphatic carbocycles. The Kier molecular flexibility index (Phi) is 8.38. The Morgan fingerprint density at radius 2 is 1.88 bits per heavy atom. The van der Waals surface area contributed by atoms with E-state index in [4.69, 9.17) is 5.73 Å². The first-order valence-corrected chi connectivity index (χ1v) is 10.4. The van der Waals surface area contributed by atoms with Gasteiger partial charge in [-0.15, -0.1) is 12.4 Å². The molecule has 1 saturated heterocycles. The van der Waals surface area contributed by atoms with Crippen LogP contribution >= 0.6 is 12.4 Å². The van der Waals surface area contributed by atoms with Crippen LogP contribution in [0.15, 0.2) is 30.3 Å². The minimum absolute atomic E-state index is 0. The molecule has 7 heteroatoms. The average Bonchev–Trinajstić information content (AvgIpc) is 2.97. The van der Waals surface area contributed by atoms with E-state index < -0.39 is 9.84 Å². The molecule has 2 atom stereocenters. The number of sulfone groups is 1. The molecule has 2 rings (SSSR count). The molecule has 0 radical (unpaired) electrons. The van der Waals surface area contributed by atoms with Gasteiger partial charge < -0.3 is 10.6 Å². The van der Waals surface area contributed by atoms with Crippen molar-refractivity contribution in [1.82, 2.24) is 4.90 Å². The zero-order valence-electron chi connectivity index (χ0n) is 14.9. The van der Waals surface area contributed by atoms with E-state index in [0.717, 1.165) is 0 Å². The number of benzene rings is 1. The molecule has 25 heavy (non-hydrogen) atoms. The molecule has 0 unspecified atom stereocenters. The lowest BCUT2D eigenvalue weighted by Gasteiger charge is -2.17. The van der Waals surface area contributed by atoms with Crippen molar-refractivity contribution in [2.24, 2.45) is 17.6 Å². The first-order chi connectivity index (χ1) is 11.3. The van der Waals surface area contributed by atoms with Gasteiger partial charge in [0.05, 0.1) is 11.5 Å². The van der Waals surface area contributed by atoms with E-state index in [1.165, 1.54) is 5.56 Å². The van der Waals surface area contributed by atoms with E-state index in [1.807, 2.05) is 32.0 Å². The molecule has 1 aliphatic rings. The maximum Gasteiger partial charge on any atom is 0.223 e. The van der Waals surface area contributed by atoms with Crippen LogP contribution in [0.1, 0.15) is 31.7 Å². The van der Waals surface area contributed by atoms with E-state index in [9.17, 15) is 13.2 Å². The fraction of sp³-hybridized carbons (Fsp3) is 0.611. The molecule has 0 aromatic heterocycles. The summed E-state index contributed by atoms with van der Waals surface area (Å²) in [5.74, 6) is 0.526. The van der Waals surface area contributed by atoms with Gasteiger partial charge in [-0.3, -0.25) is 4.79 Å². The van der Waals surface area contributed by atoms with E-state index in [1.54, 1.807) is 4.90 Å². The van der Waals surface area contributed by atoms with Crippen LogP contribution in [0.25, 0.3) is 0 Å². The maximum absolute atomic E-state index is 12.4. The van der Waals surface area contributed by atoms with Crippen LogP contribution in [0, 0.1) is 11.8 Å². The van der Waals surface area contributed by atoms with Gasteiger partial charge in [-0.05, 0) is 23.9 Å². The van der Waals surface area contributed by atoms with E-state index in [0.29, 0.717) is 19.6 Å². The van der Waals surface area contributed by atoms with E-state index in [2.05, 4.69) is 12.1 Å². The molecule has 1 aromatic carbocycles. The van der Waals surface area contributed by atoms with Crippen LogP contribution in [-0.2, 0) is 14.6 Å². The van der Waals surface area contributed by atoms with Gasteiger partial charge in [-0.2, -0.15) is 0 Å². The second-order valence-corrected chi connectivity index (χ2v) is 9.30. The van der Waals surface area contributed by atoms with Gasteiger partial charge in [0.15, 0.2) is 9.84 Å². The van der Waals surface area contributed by atoms with Gasteiger partial charge in [0.2, 0.25) is 5.91 Å². The summed E-state index contributed by atoms with van der Waals surface area (Å²) < 4.78 is 24.0. The maximum atomic E-state index is 12.4. The number of halogens is 1. The Balaban J connectivity index is 0.00000312. The molecule has 2 N–H and O–H groups in total. The van der Waals surface area contributed by atoms with Crippen molar-refractivity contribution in [1.29, 1.82) is 0 Å². The Morgan fingerprint density at radius 1 is 1.24 bits per heavy atom. The highest BCUT2D eigenvalue weighted by Crippen LogP contribution is 2.32. The third-order valence-electron chi connectivity index (χ3n) is 4.54. The van der Waals surface area contributed by atoms with Gasteiger partial charge in [-0.1, -0.05) is 44.2 Å². The Morgan fingerprint density at radius 3 is 2.44 bits per heavy atom. The summed E-state index contributed by atoms with van der Waals surface area (Å²) in [4.78, 5) is 14.2. The lowest BCUT2D eigenvalue weighted by atomic mass is 9.89. The highest BCUT2D eigenvalue weighted by Gasteiger charge is 2.35. The van der Waals surface area contributed by atoms with Crippen molar-refractivity contribution >= 4 is 28.2 Å². The smallest absolute Gasteiger partial charge is 0.223 e. The molecular weight excluding hydrogens is 360 g/mol. The average molecular weight is 389 g/mol. The molecule has 0 saturated carbocycles. The van der Waals surface area contributed by atoms with Gasteiger partial charge in [0.1, 0.15) is 0 Å². The van der Waals surface area contributed by atoms with Gasteiger partial charge in [-0.25, -0.2) is 8.42 Å². The SMILES string of the molecule is CC(C)CS(=O)(=O)CCC(=O)N1C[C@@H](CN)[C@H](c2ccccc2)C1.Cl. The predicted molar refractivity (Wildman–Crippen MR) is 104 cm³/mol. The number of carbonyl (C=O) groups excluding carboxylic acids is 1. The molecule has 0 spiro atoms. The number of likely N-dealkylation sites (tertiary alicyclic amines) is 1. The summed E-state index contributed by atoms with van der Waals surface area (Å²) in [6.45, 7) is 5.50. The van der Waals surface area contributed by atoms with Gasteiger partial charge >= 0.3 is 0 Å². The highest BCUT2D eigenvalue weighted by molar-refractivity contribution is 7.91. The minimum Gasteiger partial charge on any atom is -0.342 e. The largest absolute Gasteiger partial charge is 0.342 e. The minimum atomic E-state index is -3.16. The van der Waals surface area contributed by atoms with Crippen molar-refractivity contribution in [3.8, 4) is 0 Å². The number of rotatable bonds is 7. The van der Waals surface area contributed by atoms with Crippen LogP contribution in [0.2, 0.25) is 0 Å². The standard InChI is InChI=1S/C18H28N2O3S.ClH/c1-14(2)13-24(22,23)9-8-18(21)20-11-16(10-19)17(12-20)15-6-4-3-5-7-15;/h3-7,14,16-17H,8-13,19H2,1-2H3;1H/t16-,17+;/m1./s1. The lowest BCUT2D eigenvalue weighted by Crippen LogP contribution is -2.31. The molecule has 1 heterocycles. The molecule has 0 bridgehead atoms.